The second-order valence-corrected chi connectivity index (χ2v) is 2.68. The van der Waals surface area contributed by atoms with E-state index in [1.54, 1.807) is 0 Å². The Morgan fingerprint density at radius 1 is 1.56 bits per heavy atom. The fourth-order valence-corrected chi connectivity index (χ4v) is 1.17. The summed E-state index contributed by atoms with van der Waals surface area (Å²) >= 11 is 0. The van der Waals surface area contributed by atoms with Gasteiger partial charge in [-0.2, -0.15) is 0 Å². The quantitative estimate of drug-likeness (QED) is 0.608. The zero-order valence-corrected chi connectivity index (χ0v) is 5.47. The van der Waals surface area contributed by atoms with Crippen molar-refractivity contribution in [2.24, 2.45) is 5.92 Å². The number of carbonyl (C=O) groups excluding carboxylic acids is 1. The molecule has 0 aromatic carbocycles. The van der Waals surface area contributed by atoms with E-state index in [0.29, 0.717) is 11.7 Å². The van der Waals surface area contributed by atoms with Crippen LogP contribution in [0.5, 0.6) is 0 Å². The third kappa shape index (κ3) is 1.79. The Bertz CT molecular complexity index is 101. The van der Waals surface area contributed by atoms with E-state index in [-0.39, 0.29) is 6.61 Å². The lowest BCUT2D eigenvalue weighted by molar-refractivity contribution is -0.127. The first kappa shape index (κ1) is 6.75. The lowest BCUT2D eigenvalue weighted by Crippen LogP contribution is -2.23. The van der Waals surface area contributed by atoms with Crippen molar-refractivity contribution in [3.63, 3.8) is 0 Å². The number of hydrogen-bond donors (Lipinski definition) is 1. The maximum atomic E-state index is 10.4. The number of aliphatic hydroxyl groups excluding tert-OH is 1. The first-order valence-corrected chi connectivity index (χ1v) is 3.45. The van der Waals surface area contributed by atoms with Crippen molar-refractivity contribution in [1.82, 2.24) is 0 Å². The zero-order valence-electron chi connectivity index (χ0n) is 5.47. The number of rotatable bonds is 3. The molecule has 0 aliphatic heterocycles. The lowest BCUT2D eigenvalue weighted by Gasteiger charge is -2.23. The van der Waals surface area contributed by atoms with Crippen molar-refractivity contribution in [3.05, 3.63) is 0 Å². The molecule has 0 amide bonds. The molecular weight excluding hydrogens is 116 g/mol. The highest BCUT2D eigenvalue weighted by atomic mass is 16.2. The van der Waals surface area contributed by atoms with Crippen LogP contribution in [0.15, 0.2) is 0 Å². The molecule has 2 nitrogen and oxygen atoms in total. The highest BCUT2D eigenvalue weighted by molar-refractivity contribution is 5.84. The molecule has 1 rings (SSSR count). The van der Waals surface area contributed by atoms with Gasteiger partial charge in [-0.15, -0.1) is 0 Å². The van der Waals surface area contributed by atoms with Crippen LogP contribution in [0.2, 0.25) is 0 Å². The fourth-order valence-electron chi connectivity index (χ4n) is 1.17. The second-order valence-electron chi connectivity index (χ2n) is 2.68. The maximum Gasteiger partial charge on any atom is 0.133 e. The Morgan fingerprint density at radius 2 is 2.22 bits per heavy atom. The van der Waals surface area contributed by atoms with Crippen LogP contribution in [-0.4, -0.2) is 17.5 Å². The molecule has 1 N–H and O–H groups in total. The van der Waals surface area contributed by atoms with Gasteiger partial charge in [0.2, 0.25) is 0 Å². The van der Waals surface area contributed by atoms with Crippen molar-refractivity contribution in [2.75, 3.05) is 6.61 Å². The smallest absolute Gasteiger partial charge is 0.133 e. The summed E-state index contributed by atoms with van der Waals surface area (Å²) in [5, 5.41) is 8.42. The van der Waals surface area contributed by atoms with E-state index in [0.717, 1.165) is 25.7 Å². The van der Waals surface area contributed by atoms with Gasteiger partial charge in [-0.25, -0.2) is 0 Å². The highest BCUT2D eigenvalue weighted by Crippen LogP contribution is 2.26. The molecule has 0 atom stereocenters. The minimum Gasteiger partial charge on any atom is -0.396 e. The predicted molar refractivity (Wildman–Crippen MR) is 34.1 cm³/mol. The molecule has 1 fully saturated rings. The van der Waals surface area contributed by atoms with Crippen LogP contribution in [0, 0.1) is 5.92 Å². The third-order valence-corrected chi connectivity index (χ3v) is 1.80. The Morgan fingerprint density at radius 3 is 2.67 bits per heavy atom. The van der Waals surface area contributed by atoms with Gasteiger partial charge in [0.1, 0.15) is 5.78 Å². The molecule has 0 saturated heterocycles. The third-order valence-electron chi connectivity index (χ3n) is 1.80. The van der Waals surface area contributed by atoms with E-state index in [1.807, 2.05) is 0 Å². The molecular formula is C7H12O2. The zero-order chi connectivity index (χ0) is 6.69. The van der Waals surface area contributed by atoms with Crippen LogP contribution in [0.1, 0.15) is 25.7 Å². The molecule has 52 valence electrons. The van der Waals surface area contributed by atoms with Gasteiger partial charge in [-0.1, -0.05) is 0 Å². The van der Waals surface area contributed by atoms with Gasteiger partial charge in [0, 0.05) is 19.4 Å². The molecule has 1 aliphatic rings. The molecule has 0 unspecified atom stereocenters. The van der Waals surface area contributed by atoms with Crippen molar-refractivity contribution in [1.29, 1.82) is 0 Å². The molecule has 0 aromatic rings. The van der Waals surface area contributed by atoms with E-state index < -0.39 is 0 Å². The van der Waals surface area contributed by atoms with E-state index in [2.05, 4.69) is 0 Å². The van der Waals surface area contributed by atoms with Crippen molar-refractivity contribution >= 4 is 5.78 Å². The average Bonchev–Trinajstić information content (AvgIpc) is 1.78. The molecule has 9 heavy (non-hydrogen) atoms. The van der Waals surface area contributed by atoms with Gasteiger partial charge in [0.05, 0.1) is 0 Å². The largest absolute Gasteiger partial charge is 0.396 e. The summed E-state index contributed by atoms with van der Waals surface area (Å²) in [6.07, 6.45) is 3.42. The first-order chi connectivity index (χ1) is 4.33. The summed E-state index contributed by atoms with van der Waals surface area (Å²) in [6.45, 7) is 0.269. The molecule has 0 heterocycles. The molecule has 0 spiro atoms. The van der Waals surface area contributed by atoms with Gasteiger partial charge in [0.15, 0.2) is 0 Å². The van der Waals surface area contributed by atoms with Crippen LogP contribution < -0.4 is 0 Å². The van der Waals surface area contributed by atoms with Crippen LogP contribution >= 0.6 is 0 Å². The van der Waals surface area contributed by atoms with E-state index in [1.165, 1.54) is 0 Å². The summed E-state index contributed by atoms with van der Waals surface area (Å²) in [4.78, 5) is 10.4. The van der Waals surface area contributed by atoms with E-state index >= 15 is 0 Å². The molecule has 0 bridgehead atoms. The summed E-state index contributed by atoms with van der Waals surface area (Å²) < 4.78 is 0. The van der Waals surface area contributed by atoms with Crippen molar-refractivity contribution in [3.8, 4) is 0 Å². The number of aliphatic hydroxyl groups is 1. The molecule has 0 radical (unpaired) electrons. The van der Waals surface area contributed by atoms with Crippen LogP contribution in [0.4, 0.5) is 0 Å². The van der Waals surface area contributed by atoms with Gasteiger partial charge in [-0.05, 0) is 18.8 Å². The molecule has 0 aromatic heterocycles. The highest BCUT2D eigenvalue weighted by Gasteiger charge is 2.25. The van der Waals surface area contributed by atoms with Crippen LogP contribution in [0.3, 0.4) is 0 Å². The Balaban J connectivity index is 1.97. The maximum absolute atomic E-state index is 10.4. The Hall–Kier alpha value is -0.370. The second kappa shape index (κ2) is 2.97. The number of carbonyl (C=O) groups is 1. The number of Topliss-reactive ketones (excluding diaryl/α,β-unsaturated/α-hetero) is 1. The fraction of sp³-hybridized carbons (Fsp3) is 0.857. The SMILES string of the molecule is O=C1CC(CCCO)C1. The topological polar surface area (TPSA) is 37.3 Å². The summed E-state index contributed by atoms with van der Waals surface area (Å²) in [5.74, 6) is 0.989. The van der Waals surface area contributed by atoms with Gasteiger partial charge >= 0.3 is 0 Å². The monoisotopic (exact) mass is 128 g/mol. The van der Waals surface area contributed by atoms with Gasteiger partial charge < -0.3 is 5.11 Å². The van der Waals surface area contributed by atoms with Crippen molar-refractivity contribution in [2.45, 2.75) is 25.7 Å². The minimum absolute atomic E-state index is 0.269. The Kier molecular flexibility index (Phi) is 2.22. The predicted octanol–water partition coefficient (Wildman–Crippen LogP) is 0.738. The number of ketones is 1. The van der Waals surface area contributed by atoms with E-state index in [9.17, 15) is 4.79 Å². The van der Waals surface area contributed by atoms with Crippen molar-refractivity contribution < 1.29 is 9.90 Å². The summed E-state index contributed by atoms with van der Waals surface area (Å²) in [7, 11) is 0. The first-order valence-electron chi connectivity index (χ1n) is 3.45. The summed E-state index contributed by atoms with van der Waals surface area (Å²) in [5.41, 5.74) is 0. The number of hydrogen-bond acceptors (Lipinski definition) is 2. The van der Waals surface area contributed by atoms with Gasteiger partial charge in [0.25, 0.3) is 0 Å². The molecule has 2 heteroatoms. The standard InChI is InChI=1S/C7H12O2/c8-3-1-2-6-4-7(9)5-6/h6,8H,1-5H2. The normalized spacial score (nSPS) is 19.9. The van der Waals surface area contributed by atoms with E-state index in [4.69, 9.17) is 5.11 Å². The minimum atomic E-state index is 0.269. The summed E-state index contributed by atoms with van der Waals surface area (Å²) in [6, 6.07) is 0. The average molecular weight is 128 g/mol. The lowest BCUT2D eigenvalue weighted by atomic mass is 9.81. The molecule has 1 saturated carbocycles. The van der Waals surface area contributed by atoms with Gasteiger partial charge in [-0.3, -0.25) is 4.79 Å². The molecule has 1 aliphatic carbocycles. The van der Waals surface area contributed by atoms with Crippen LogP contribution in [-0.2, 0) is 4.79 Å². The Labute approximate surface area is 54.9 Å². The van der Waals surface area contributed by atoms with Crippen LogP contribution in [0.25, 0.3) is 0 Å².